The van der Waals surface area contributed by atoms with Gasteiger partial charge in [-0.05, 0) is 47.7 Å². The lowest BCUT2D eigenvalue weighted by Gasteiger charge is -2.39. The highest BCUT2D eigenvalue weighted by molar-refractivity contribution is 7.91. The van der Waals surface area contributed by atoms with Gasteiger partial charge in [-0.15, -0.1) is 0 Å². The Kier molecular flexibility index (Phi) is 6.45. The van der Waals surface area contributed by atoms with Crippen molar-refractivity contribution in [1.29, 1.82) is 0 Å². The highest BCUT2D eigenvalue weighted by Gasteiger charge is 2.33. The molecule has 0 unspecified atom stereocenters. The lowest BCUT2D eigenvalue weighted by Crippen LogP contribution is -2.45. The monoisotopic (exact) mass is 471 g/mol. The highest BCUT2D eigenvalue weighted by atomic mass is 32.2. The SMILES string of the molecule is CC(=O)N1c2ccc(-c3ccc(CN4CCS(=O)(=O)CC4)cc3)cc2[C@H](NC(=O)O)C[C@@H]1C. The zero-order valence-corrected chi connectivity index (χ0v) is 19.6. The topological polar surface area (TPSA) is 107 Å². The van der Waals surface area contributed by atoms with Crippen LogP contribution >= 0.6 is 0 Å². The normalized spacial score (nSPS) is 22.4. The molecule has 1 fully saturated rings. The van der Waals surface area contributed by atoms with Crippen molar-refractivity contribution in [2.45, 2.75) is 38.9 Å². The van der Waals surface area contributed by atoms with Gasteiger partial charge in [0, 0.05) is 38.3 Å². The summed E-state index contributed by atoms with van der Waals surface area (Å²) in [6, 6.07) is 13.4. The number of carboxylic acid groups (broad SMARTS) is 1. The Morgan fingerprint density at radius 2 is 1.70 bits per heavy atom. The summed E-state index contributed by atoms with van der Waals surface area (Å²) in [6.45, 7) is 5.26. The molecule has 0 spiro atoms. The minimum Gasteiger partial charge on any atom is -0.465 e. The maximum atomic E-state index is 12.2. The molecule has 0 aromatic heterocycles. The average Bonchev–Trinajstić information content (AvgIpc) is 2.75. The minimum atomic E-state index is -2.89. The Labute approximate surface area is 194 Å². The van der Waals surface area contributed by atoms with E-state index in [9.17, 15) is 23.1 Å². The van der Waals surface area contributed by atoms with E-state index in [0.29, 0.717) is 26.1 Å². The molecular weight excluding hydrogens is 442 g/mol. The predicted octanol–water partition coefficient (Wildman–Crippen LogP) is 3.04. The fourth-order valence-electron chi connectivity index (χ4n) is 4.78. The van der Waals surface area contributed by atoms with Crippen molar-refractivity contribution in [2.75, 3.05) is 29.5 Å². The molecule has 2 aliphatic rings. The molecule has 2 amide bonds. The Bertz CT molecular complexity index is 1150. The predicted molar refractivity (Wildman–Crippen MR) is 127 cm³/mol. The molecule has 0 radical (unpaired) electrons. The summed E-state index contributed by atoms with van der Waals surface area (Å²) >= 11 is 0. The first-order valence-electron chi connectivity index (χ1n) is 11.1. The molecule has 8 nitrogen and oxygen atoms in total. The molecule has 0 aliphatic carbocycles. The second kappa shape index (κ2) is 9.15. The molecule has 33 heavy (non-hydrogen) atoms. The number of benzene rings is 2. The van der Waals surface area contributed by atoms with Crippen LogP contribution in [0.15, 0.2) is 42.5 Å². The second-order valence-electron chi connectivity index (χ2n) is 8.87. The van der Waals surface area contributed by atoms with Gasteiger partial charge in [-0.1, -0.05) is 30.3 Å². The van der Waals surface area contributed by atoms with Gasteiger partial charge in [0.1, 0.15) is 0 Å². The number of rotatable bonds is 4. The summed E-state index contributed by atoms with van der Waals surface area (Å²) in [4.78, 5) is 27.5. The number of fused-ring (bicyclic) bond motifs is 1. The van der Waals surface area contributed by atoms with Crippen LogP contribution in [0.1, 0.15) is 37.4 Å². The molecule has 2 aromatic rings. The first-order chi connectivity index (χ1) is 15.6. The minimum absolute atomic E-state index is 0.0693. The van der Waals surface area contributed by atoms with Gasteiger partial charge in [-0.2, -0.15) is 0 Å². The van der Waals surface area contributed by atoms with E-state index in [1.54, 1.807) is 4.90 Å². The van der Waals surface area contributed by atoms with Crippen molar-refractivity contribution in [2.24, 2.45) is 0 Å². The molecule has 1 saturated heterocycles. The summed E-state index contributed by atoms with van der Waals surface area (Å²) < 4.78 is 23.2. The van der Waals surface area contributed by atoms with E-state index in [-0.39, 0.29) is 23.5 Å². The third-order valence-corrected chi connectivity index (χ3v) is 8.06. The van der Waals surface area contributed by atoms with Crippen molar-refractivity contribution in [3.05, 3.63) is 53.6 Å². The molecule has 2 N–H and O–H groups in total. The molecule has 4 rings (SSSR count). The van der Waals surface area contributed by atoms with Crippen LogP contribution in [0, 0.1) is 0 Å². The molecule has 2 atom stereocenters. The van der Waals surface area contributed by atoms with Crippen LogP contribution < -0.4 is 10.2 Å². The highest BCUT2D eigenvalue weighted by Crippen LogP contribution is 2.39. The van der Waals surface area contributed by atoms with Crippen LogP contribution in [0.25, 0.3) is 11.1 Å². The first kappa shape index (κ1) is 23.3. The number of carbonyl (C=O) groups excluding carboxylic acids is 1. The number of amides is 2. The standard InChI is InChI=1S/C24H29N3O5S/c1-16-13-22(25-24(29)30)21-14-20(7-8-23(21)27(16)17(2)28)19-5-3-18(4-6-19)15-26-9-11-33(31,32)12-10-26/h3-8,14,16,22,25H,9-13,15H2,1-2H3,(H,29,30)/t16-,22+/m0/s1. The number of hydrogen-bond donors (Lipinski definition) is 2. The third kappa shape index (κ3) is 5.20. The zero-order chi connectivity index (χ0) is 23.8. The van der Waals surface area contributed by atoms with Crippen LogP contribution in [0.5, 0.6) is 0 Å². The van der Waals surface area contributed by atoms with Gasteiger partial charge in [0.15, 0.2) is 9.84 Å². The molecule has 176 valence electrons. The number of sulfone groups is 1. The molecule has 0 bridgehead atoms. The Balaban J connectivity index is 1.57. The summed E-state index contributed by atoms with van der Waals surface area (Å²) in [5, 5.41) is 11.9. The Morgan fingerprint density at radius 1 is 1.06 bits per heavy atom. The van der Waals surface area contributed by atoms with E-state index in [4.69, 9.17) is 0 Å². The molecule has 2 aromatic carbocycles. The van der Waals surface area contributed by atoms with E-state index in [1.807, 2.05) is 49.4 Å². The van der Waals surface area contributed by atoms with Crippen LogP contribution in [0.2, 0.25) is 0 Å². The van der Waals surface area contributed by atoms with Crippen molar-refractivity contribution >= 4 is 27.5 Å². The van der Waals surface area contributed by atoms with E-state index in [2.05, 4.69) is 10.2 Å². The van der Waals surface area contributed by atoms with Gasteiger partial charge in [-0.25, -0.2) is 13.2 Å². The van der Waals surface area contributed by atoms with E-state index in [0.717, 1.165) is 27.9 Å². The number of carbonyl (C=O) groups is 2. The van der Waals surface area contributed by atoms with Crippen molar-refractivity contribution in [1.82, 2.24) is 10.2 Å². The van der Waals surface area contributed by atoms with Crippen molar-refractivity contribution < 1.29 is 23.1 Å². The van der Waals surface area contributed by atoms with Gasteiger partial charge in [0.25, 0.3) is 0 Å². The lowest BCUT2D eigenvalue weighted by atomic mass is 9.89. The molecule has 2 aliphatic heterocycles. The Hall–Kier alpha value is -2.91. The fraction of sp³-hybridized carbons (Fsp3) is 0.417. The van der Waals surface area contributed by atoms with Crippen LogP contribution in [0.4, 0.5) is 10.5 Å². The number of nitrogens with zero attached hydrogens (tertiary/aromatic N) is 2. The van der Waals surface area contributed by atoms with Gasteiger partial charge >= 0.3 is 6.09 Å². The largest absolute Gasteiger partial charge is 0.465 e. The van der Waals surface area contributed by atoms with E-state index >= 15 is 0 Å². The maximum absolute atomic E-state index is 12.2. The summed E-state index contributed by atoms with van der Waals surface area (Å²) in [7, 11) is -2.89. The fourth-order valence-corrected chi connectivity index (χ4v) is 6.06. The van der Waals surface area contributed by atoms with Gasteiger partial charge < -0.3 is 15.3 Å². The number of hydrogen-bond acceptors (Lipinski definition) is 5. The van der Waals surface area contributed by atoms with E-state index < -0.39 is 22.0 Å². The van der Waals surface area contributed by atoms with Crippen LogP contribution in [0.3, 0.4) is 0 Å². The second-order valence-corrected chi connectivity index (χ2v) is 11.2. The molecule has 0 saturated carbocycles. The van der Waals surface area contributed by atoms with Gasteiger partial charge in [-0.3, -0.25) is 9.69 Å². The number of nitrogens with one attached hydrogen (secondary N) is 1. The smallest absolute Gasteiger partial charge is 0.405 e. The third-order valence-electron chi connectivity index (χ3n) is 6.45. The van der Waals surface area contributed by atoms with Crippen LogP contribution in [-0.2, 0) is 21.2 Å². The summed E-state index contributed by atoms with van der Waals surface area (Å²) in [5.74, 6) is 0.351. The summed E-state index contributed by atoms with van der Waals surface area (Å²) in [6.07, 6.45) is -0.581. The van der Waals surface area contributed by atoms with Gasteiger partial charge in [0.2, 0.25) is 5.91 Å². The summed E-state index contributed by atoms with van der Waals surface area (Å²) in [5.41, 5.74) is 4.57. The first-order valence-corrected chi connectivity index (χ1v) is 12.9. The van der Waals surface area contributed by atoms with Crippen molar-refractivity contribution in [3.63, 3.8) is 0 Å². The maximum Gasteiger partial charge on any atom is 0.405 e. The van der Waals surface area contributed by atoms with Crippen LogP contribution in [-0.4, -0.2) is 61.1 Å². The molecule has 9 heteroatoms. The van der Waals surface area contributed by atoms with E-state index in [1.165, 1.54) is 6.92 Å². The molecular formula is C24H29N3O5S. The van der Waals surface area contributed by atoms with Gasteiger partial charge in [0.05, 0.1) is 17.5 Å². The van der Waals surface area contributed by atoms with Crippen molar-refractivity contribution in [3.8, 4) is 11.1 Å². The number of anilines is 1. The molecule has 2 heterocycles. The Morgan fingerprint density at radius 3 is 2.30 bits per heavy atom. The quantitative estimate of drug-likeness (QED) is 0.710. The zero-order valence-electron chi connectivity index (χ0n) is 18.8. The average molecular weight is 472 g/mol. The lowest BCUT2D eigenvalue weighted by molar-refractivity contribution is -0.117.